The van der Waals surface area contributed by atoms with E-state index in [0.717, 1.165) is 24.7 Å². The monoisotopic (exact) mass is 252 g/mol. The van der Waals surface area contributed by atoms with Crippen molar-refractivity contribution < 1.29 is 0 Å². The fourth-order valence-electron chi connectivity index (χ4n) is 2.36. The molecule has 1 atom stereocenters. The van der Waals surface area contributed by atoms with Gasteiger partial charge in [-0.25, -0.2) is 0 Å². The molecular weight excluding hydrogens is 232 g/mol. The summed E-state index contributed by atoms with van der Waals surface area (Å²) in [5.74, 6) is 0. The quantitative estimate of drug-likeness (QED) is 0.870. The second-order valence-corrected chi connectivity index (χ2v) is 5.22. The van der Waals surface area contributed by atoms with E-state index in [4.69, 9.17) is 11.6 Å². The van der Waals surface area contributed by atoms with Crippen LogP contribution in [-0.2, 0) is 0 Å². The molecule has 1 aromatic rings. The molecule has 0 radical (unpaired) electrons. The second-order valence-electron chi connectivity index (χ2n) is 4.81. The molecule has 17 heavy (non-hydrogen) atoms. The van der Waals surface area contributed by atoms with Crippen molar-refractivity contribution in [1.29, 1.82) is 0 Å². The topological polar surface area (TPSA) is 15.3 Å². The third-order valence-electron chi connectivity index (χ3n) is 3.42. The maximum absolute atomic E-state index is 6.34. The molecule has 1 aliphatic rings. The number of hydrogen-bond acceptors (Lipinski definition) is 2. The molecule has 0 aromatic heterocycles. The van der Waals surface area contributed by atoms with Crippen molar-refractivity contribution in [2.75, 3.05) is 24.5 Å². The van der Waals surface area contributed by atoms with Crippen molar-refractivity contribution in [2.24, 2.45) is 0 Å². The van der Waals surface area contributed by atoms with Gasteiger partial charge in [-0.1, -0.05) is 24.6 Å². The summed E-state index contributed by atoms with van der Waals surface area (Å²) in [6, 6.07) is 6.92. The van der Waals surface area contributed by atoms with Gasteiger partial charge < -0.3 is 10.2 Å². The van der Waals surface area contributed by atoms with Gasteiger partial charge in [-0.2, -0.15) is 0 Å². The highest BCUT2D eigenvalue weighted by atomic mass is 35.5. The second kappa shape index (κ2) is 5.74. The Balaban J connectivity index is 2.19. The van der Waals surface area contributed by atoms with E-state index in [0.29, 0.717) is 6.04 Å². The third-order valence-corrected chi connectivity index (χ3v) is 3.72. The van der Waals surface area contributed by atoms with Gasteiger partial charge in [0, 0.05) is 19.1 Å². The molecule has 0 saturated carbocycles. The van der Waals surface area contributed by atoms with E-state index in [1.165, 1.54) is 24.1 Å². The van der Waals surface area contributed by atoms with Gasteiger partial charge in [0.2, 0.25) is 0 Å². The fourth-order valence-corrected chi connectivity index (χ4v) is 2.71. The zero-order chi connectivity index (χ0) is 12.3. The smallest absolute Gasteiger partial charge is 0.0642 e. The highest BCUT2D eigenvalue weighted by molar-refractivity contribution is 6.33. The van der Waals surface area contributed by atoms with Crippen LogP contribution in [0.1, 0.15) is 25.3 Å². The number of halogens is 1. The lowest BCUT2D eigenvalue weighted by Crippen LogP contribution is -2.37. The molecule has 1 unspecified atom stereocenters. The summed E-state index contributed by atoms with van der Waals surface area (Å²) < 4.78 is 0. The van der Waals surface area contributed by atoms with Gasteiger partial charge in [0.15, 0.2) is 0 Å². The van der Waals surface area contributed by atoms with Crippen LogP contribution in [0, 0.1) is 6.92 Å². The van der Waals surface area contributed by atoms with Gasteiger partial charge in [0.25, 0.3) is 0 Å². The SMILES string of the molecule is CCC1CN(c2ccc(C)cc2Cl)CCCN1. The molecule has 1 heterocycles. The lowest BCUT2D eigenvalue weighted by molar-refractivity contribution is 0.528. The summed E-state index contributed by atoms with van der Waals surface area (Å²) in [6.07, 6.45) is 2.35. The molecule has 0 amide bonds. The van der Waals surface area contributed by atoms with E-state index in [1.54, 1.807) is 0 Å². The number of hydrogen-bond donors (Lipinski definition) is 1. The van der Waals surface area contributed by atoms with E-state index in [-0.39, 0.29) is 0 Å². The summed E-state index contributed by atoms with van der Waals surface area (Å²) in [4.78, 5) is 2.41. The maximum Gasteiger partial charge on any atom is 0.0642 e. The summed E-state index contributed by atoms with van der Waals surface area (Å²) in [6.45, 7) is 7.57. The molecule has 0 aliphatic carbocycles. The standard InChI is InChI=1S/C14H21ClN2/c1-3-12-10-17(8-4-7-16-12)14-6-5-11(2)9-13(14)15/h5-6,9,12,16H,3-4,7-8,10H2,1-2H3. The molecule has 2 rings (SSSR count). The summed E-state index contributed by atoms with van der Waals surface area (Å²) in [5.41, 5.74) is 2.40. The zero-order valence-corrected chi connectivity index (χ0v) is 11.4. The molecule has 3 heteroatoms. The molecular formula is C14H21ClN2. The average Bonchev–Trinajstić information content (AvgIpc) is 2.54. The Labute approximate surface area is 109 Å². The molecule has 1 saturated heterocycles. The molecule has 94 valence electrons. The molecule has 1 aromatic carbocycles. The molecule has 2 nitrogen and oxygen atoms in total. The third kappa shape index (κ3) is 3.14. The van der Waals surface area contributed by atoms with Gasteiger partial charge in [-0.05, 0) is 44.0 Å². The number of benzene rings is 1. The minimum absolute atomic E-state index is 0.579. The summed E-state index contributed by atoms with van der Waals surface area (Å²) in [5, 5.41) is 4.45. The van der Waals surface area contributed by atoms with Crippen LogP contribution < -0.4 is 10.2 Å². The molecule has 1 fully saturated rings. The maximum atomic E-state index is 6.34. The molecule has 0 spiro atoms. The van der Waals surface area contributed by atoms with E-state index >= 15 is 0 Å². The summed E-state index contributed by atoms with van der Waals surface area (Å²) >= 11 is 6.34. The van der Waals surface area contributed by atoms with Crippen molar-refractivity contribution >= 4 is 17.3 Å². The van der Waals surface area contributed by atoms with Crippen molar-refractivity contribution in [1.82, 2.24) is 5.32 Å². The lowest BCUT2D eigenvalue weighted by Gasteiger charge is -2.27. The fraction of sp³-hybridized carbons (Fsp3) is 0.571. The van der Waals surface area contributed by atoms with Crippen molar-refractivity contribution in [3.05, 3.63) is 28.8 Å². The van der Waals surface area contributed by atoms with Crippen LogP contribution >= 0.6 is 11.6 Å². The number of anilines is 1. The Morgan fingerprint density at radius 2 is 2.29 bits per heavy atom. The van der Waals surface area contributed by atoms with Crippen LogP contribution in [0.3, 0.4) is 0 Å². The van der Waals surface area contributed by atoms with Crippen molar-refractivity contribution in [3.8, 4) is 0 Å². The van der Waals surface area contributed by atoms with E-state index in [1.807, 2.05) is 0 Å². The largest absolute Gasteiger partial charge is 0.369 e. The van der Waals surface area contributed by atoms with Crippen molar-refractivity contribution in [2.45, 2.75) is 32.7 Å². The van der Waals surface area contributed by atoms with Crippen LogP contribution in [-0.4, -0.2) is 25.7 Å². The molecule has 1 aliphatic heterocycles. The average molecular weight is 253 g/mol. The van der Waals surface area contributed by atoms with Crippen LogP contribution in [0.15, 0.2) is 18.2 Å². The molecule has 1 N–H and O–H groups in total. The van der Waals surface area contributed by atoms with Gasteiger partial charge >= 0.3 is 0 Å². The Bertz CT molecular complexity index is 378. The van der Waals surface area contributed by atoms with Crippen LogP contribution in [0.4, 0.5) is 5.69 Å². The first kappa shape index (κ1) is 12.7. The number of aryl methyl sites for hydroxylation is 1. The van der Waals surface area contributed by atoms with Gasteiger partial charge in [-0.15, -0.1) is 0 Å². The van der Waals surface area contributed by atoms with E-state index in [2.05, 4.69) is 42.3 Å². The molecule has 0 bridgehead atoms. The summed E-state index contributed by atoms with van der Waals surface area (Å²) in [7, 11) is 0. The predicted molar refractivity (Wildman–Crippen MR) is 75.1 cm³/mol. The number of nitrogens with zero attached hydrogens (tertiary/aromatic N) is 1. The normalized spacial score (nSPS) is 21.4. The van der Waals surface area contributed by atoms with Gasteiger partial charge in [-0.3, -0.25) is 0 Å². The van der Waals surface area contributed by atoms with Crippen LogP contribution in [0.2, 0.25) is 5.02 Å². The van der Waals surface area contributed by atoms with Crippen molar-refractivity contribution in [3.63, 3.8) is 0 Å². The first-order valence-corrected chi connectivity index (χ1v) is 6.83. The number of rotatable bonds is 2. The Morgan fingerprint density at radius 3 is 3.00 bits per heavy atom. The predicted octanol–water partition coefficient (Wildman–Crippen LogP) is 3.23. The Morgan fingerprint density at radius 1 is 1.47 bits per heavy atom. The number of nitrogens with one attached hydrogen (secondary N) is 1. The van der Waals surface area contributed by atoms with Crippen LogP contribution in [0.25, 0.3) is 0 Å². The van der Waals surface area contributed by atoms with E-state index in [9.17, 15) is 0 Å². The Kier molecular flexibility index (Phi) is 4.30. The Hall–Kier alpha value is -0.730. The highest BCUT2D eigenvalue weighted by Gasteiger charge is 2.18. The lowest BCUT2D eigenvalue weighted by atomic mass is 10.1. The first-order chi connectivity index (χ1) is 8.20. The zero-order valence-electron chi connectivity index (χ0n) is 10.7. The first-order valence-electron chi connectivity index (χ1n) is 6.45. The minimum Gasteiger partial charge on any atom is -0.369 e. The van der Waals surface area contributed by atoms with Gasteiger partial charge in [0.05, 0.1) is 10.7 Å². The van der Waals surface area contributed by atoms with Crippen LogP contribution in [0.5, 0.6) is 0 Å². The van der Waals surface area contributed by atoms with Gasteiger partial charge in [0.1, 0.15) is 0 Å². The van der Waals surface area contributed by atoms with E-state index < -0.39 is 0 Å². The minimum atomic E-state index is 0.579. The highest BCUT2D eigenvalue weighted by Crippen LogP contribution is 2.27.